The molecule has 1 fully saturated rings. The van der Waals surface area contributed by atoms with E-state index in [-0.39, 0.29) is 110 Å². The minimum atomic E-state index is -4.39. The highest BCUT2D eigenvalue weighted by Crippen LogP contribution is 2.44. The van der Waals surface area contributed by atoms with Crippen molar-refractivity contribution in [3.63, 3.8) is 0 Å². The zero-order valence-electron chi connectivity index (χ0n) is 42.3. The highest BCUT2D eigenvalue weighted by Gasteiger charge is 2.34. The van der Waals surface area contributed by atoms with Gasteiger partial charge in [-0.1, -0.05) is 0 Å². The van der Waals surface area contributed by atoms with Crippen molar-refractivity contribution in [2.24, 2.45) is 0 Å². The number of aliphatic carboxylic acids is 2. The molecule has 1 aliphatic heterocycles. The van der Waals surface area contributed by atoms with Crippen LogP contribution in [0.2, 0.25) is 0 Å². The van der Waals surface area contributed by atoms with E-state index < -0.39 is 39.9 Å². The van der Waals surface area contributed by atoms with Crippen LogP contribution < -0.4 is 44.5 Å². The first kappa shape index (κ1) is 63.2. The lowest BCUT2D eigenvalue weighted by Gasteiger charge is -2.45. The Morgan fingerprint density at radius 3 is 1.61 bits per heavy atom. The van der Waals surface area contributed by atoms with Crippen LogP contribution in [-0.4, -0.2) is 199 Å². The van der Waals surface area contributed by atoms with Gasteiger partial charge in [0.25, 0.3) is 0 Å². The minimum absolute atomic E-state index is 0.00792. The van der Waals surface area contributed by atoms with Gasteiger partial charge < -0.3 is 86.9 Å². The number of aliphatic hydroxyl groups is 1. The number of aldehydes is 2. The van der Waals surface area contributed by atoms with Gasteiger partial charge in [0.05, 0.1) is 128 Å². The van der Waals surface area contributed by atoms with E-state index in [1.54, 1.807) is 24.5 Å². The Morgan fingerprint density at radius 2 is 1.15 bits per heavy atom. The Morgan fingerprint density at radius 1 is 0.709 bits per heavy atom. The standard InChI is InChI=1S/C47H59Br4N9O18S/c48-31-23-33-39(35(25-52-33)77-57-29(27-62)3-5-37(64)65)41(50)43(31)73-18-16-71-14-15-72-17-19-75-46-54-45(59-7-11-60(12-8-59,9-1-13-61)10-2-22-79(68,69)70)55-47(56-46)76-21-20-74-44-32(49)24-34-40(42(44)51)36(26-53-34)78-58-30(28-63)4-6-38(66)67/h23-30,52-53,57-58,61H,1-22H2,(H2-,64,65,66,67,68,69,70)/t29-,30-/m0/s1. The first-order valence-corrected chi connectivity index (χ1v) is 29.4. The summed E-state index contributed by atoms with van der Waals surface area (Å²) in [5.41, 5.74) is 6.56. The molecule has 0 spiro atoms. The Bertz CT molecular complexity index is 2950. The summed E-state index contributed by atoms with van der Waals surface area (Å²) in [6, 6.07) is 1.76. The summed E-state index contributed by atoms with van der Waals surface area (Å²) >= 11 is 14.3. The molecule has 0 aliphatic carbocycles. The summed E-state index contributed by atoms with van der Waals surface area (Å²) in [7, 11) is -4.39. The predicted octanol–water partition coefficient (Wildman–Crippen LogP) is 4.42. The molecule has 4 heterocycles. The number of hydrogen-bond donors (Lipinski definition) is 7. The lowest BCUT2D eigenvalue weighted by molar-refractivity contribution is -0.928. The number of carbonyl (C=O) groups is 4. The molecular formula is C47H59Br4N9O18S. The molecule has 27 nitrogen and oxygen atoms in total. The van der Waals surface area contributed by atoms with Gasteiger partial charge in [-0.2, -0.15) is 9.97 Å². The van der Waals surface area contributed by atoms with Crippen molar-refractivity contribution in [2.75, 3.05) is 109 Å². The second-order valence-corrected chi connectivity index (χ2v) is 22.5. The predicted molar refractivity (Wildman–Crippen MR) is 295 cm³/mol. The molecule has 2 atom stereocenters. The van der Waals surface area contributed by atoms with E-state index in [0.717, 1.165) is 0 Å². The Labute approximate surface area is 486 Å². The summed E-state index contributed by atoms with van der Waals surface area (Å²) in [6.07, 6.45) is 4.63. The Balaban J connectivity index is 1.02. The van der Waals surface area contributed by atoms with Crippen molar-refractivity contribution in [3.8, 4) is 35.0 Å². The van der Waals surface area contributed by atoms with Crippen molar-refractivity contribution >= 4 is 126 Å². The number of anilines is 1. The topological polar surface area (TPSA) is 358 Å². The molecule has 1 saturated heterocycles. The van der Waals surface area contributed by atoms with E-state index in [4.69, 9.17) is 48.3 Å². The summed E-state index contributed by atoms with van der Waals surface area (Å²) in [6.45, 7) is 4.03. The summed E-state index contributed by atoms with van der Waals surface area (Å²) in [4.78, 5) is 78.0. The Hall–Kier alpha value is -5.00. The third-order valence-corrected chi connectivity index (χ3v) is 15.6. The van der Waals surface area contributed by atoms with Crippen molar-refractivity contribution in [3.05, 3.63) is 42.4 Å². The average Bonchev–Trinajstić information content (AvgIpc) is 4.02. The number of benzene rings is 2. The van der Waals surface area contributed by atoms with Crippen LogP contribution in [-0.2, 0) is 38.8 Å². The van der Waals surface area contributed by atoms with Gasteiger partial charge in [-0.25, -0.2) is 8.42 Å². The van der Waals surface area contributed by atoms with E-state index in [1.807, 2.05) is 4.90 Å². The molecule has 0 radical (unpaired) electrons. The van der Waals surface area contributed by atoms with Crippen LogP contribution in [0.5, 0.6) is 35.0 Å². The molecule has 32 heteroatoms. The average molecular weight is 1390 g/mol. The number of quaternary nitrogens is 1. The number of hydroxylamine groups is 2. The quantitative estimate of drug-likeness (QED) is 0.00945. The fraction of sp³-hybridized carbons (Fsp3) is 0.511. The van der Waals surface area contributed by atoms with Crippen LogP contribution in [0.1, 0.15) is 38.5 Å². The van der Waals surface area contributed by atoms with Crippen molar-refractivity contribution in [2.45, 2.75) is 50.6 Å². The monoisotopic (exact) mass is 1390 g/mol. The smallest absolute Gasteiger partial charge is 0.324 e. The number of halogens is 4. The maximum atomic E-state index is 11.5. The zero-order valence-corrected chi connectivity index (χ0v) is 49.5. The maximum Gasteiger partial charge on any atom is 0.324 e. The lowest BCUT2D eigenvalue weighted by atomic mass is 10.2. The number of H-pyrrole nitrogens is 2. The van der Waals surface area contributed by atoms with Gasteiger partial charge in [0.15, 0.2) is 11.5 Å². The summed E-state index contributed by atoms with van der Waals surface area (Å²) in [5, 5.41) is 28.8. The number of nitrogens with one attached hydrogen (secondary N) is 4. The maximum absolute atomic E-state index is 11.5. The SMILES string of the molecule is O=C[C@H](CCC(=O)O)NOc1c[nH]c2cc(Br)c(OCCOCCOCCOc3nc(OCCOc4c(Br)cc5[nH]cc(ON[C@H](C=O)CCC(=O)O)c5c4Br)nc(N4CC[N+](CCCO)(CCCS(=O)(=O)[O-])CC4)n3)c(Br)c12. The summed E-state index contributed by atoms with van der Waals surface area (Å²) < 4.78 is 72.6. The number of ether oxygens (including phenoxy) is 6. The highest BCUT2D eigenvalue weighted by atomic mass is 79.9. The largest absolute Gasteiger partial charge is 0.748 e. The van der Waals surface area contributed by atoms with Gasteiger partial charge >= 0.3 is 24.0 Å². The number of fused-ring (bicyclic) bond motifs is 2. The van der Waals surface area contributed by atoms with Gasteiger partial charge in [-0.15, -0.1) is 15.9 Å². The van der Waals surface area contributed by atoms with E-state index >= 15 is 0 Å². The third-order valence-electron chi connectivity index (χ3n) is 12.1. The number of nitrogens with zero attached hydrogens (tertiary/aromatic N) is 5. The molecule has 7 N–H and O–H groups in total. The molecule has 6 rings (SSSR count). The normalized spacial score (nSPS) is 14.2. The minimum Gasteiger partial charge on any atom is -0.748 e. The van der Waals surface area contributed by atoms with Gasteiger partial charge in [-0.05, 0) is 88.7 Å². The van der Waals surface area contributed by atoms with E-state index in [0.29, 0.717) is 125 Å². The first-order valence-electron chi connectivity index (χ1n) is 24.7. The Kier molecular flexibility index (Phi) is 25.0. The molecule has 5 aromatic rings. The molecule has 1 aliphatic rings. The number of hydrogen-bond acceptors (Lipinski definition) is 22. The summed E-state index contributed by atoms with van der Waals surface area (Å²) in [5.74, 6) is -0.749. The van der Waals surface area contributed by atoms with Gasteiger partial charge in [0, 0.05) is 50.4 Å². The highest BCUT2D eigenvalue weighted by molar-refractivity contribution is 9.11. The third kappa shape index (κ3) is 19.3. The second kappa shape index (κ2) is 31.3. The lowest BCUT2D eigenvalue weighted by Crippen LogP contribution is -2.61. The van der Waals surface area contributed by atoms with Crippen molar-refractivity contribution < 1.29 is 90.0 Å². The molecule has 79 heavy (non-hydrogen) atoms. The molecule has 0 unspecified atom stereocenters. The van der Waals surface area contributed by atoms with E-state index in [2.05, 4.69) is 99.6 Å². The molecule has 3 aromatic heterocycles. The van der Waals surface area contributed by atoms with Gasteiger partial charge in [0.2, 0.25) is 5.95 Å². The van der Waals surface area contributed by atoms with Gasteiger partial charge in [-0.3, -0.25) is 9.59 Å². The van der Waals surface area contributed by atoms with Gasteiger partial charge in [0.1, 0.15) is 50.5 Å². The van der Waals surface area contributed by atoms with E-state index in [1.165, 1.54) is 0 Å². The number of rotatable bonds is 38. The number of aromatic nitrogens is 5. The fourth-order valence-corrected chi connectivity index (χ4v) is 11.7. The van der Waals surface area contributed by atoms with Crippen LogP contribution in [0, 0.1) is 0 Å². The van der Waals surface area contributed by atoms with E-state index in [9.17, 15) is 37.3 Å². The number of aliphatic hydroxyl groups excluding tert-OH is 1. The fourth-order valence-electron chi connectivity index (χ4n) is 8.14. The molecule has 0 bridgehead atoms. The zero-order chi connectivity index (χ0) is 57.0. The van der Waals surface area contributed by atoms with Crippen LogP contribution in [0.3, 0.4) is 0 Å². The number of carbonyl (C=O) groups excluding carboxylic acids is 2. The first-order chi connectivity index (χ1) is 37.9. The number of carboxylic acids is 2. The van der Waals surface area contributed by atoms with Crippen LogP contribution in [0.25, 0.3) is 21.8 Å². The number of carboxylic acid groups (broad SMARTS) is 2. The van der Waals surface area contributed by atoms with Crippen LogP contribution >= 0.6 is 63.7 Å². The van der Waals surface area contributed by atoms with Crippen LogP contribution in [0.4, 0.5) is 5.95 Å². The number of aromatic amines is 2. The van der Waals surface area contributed by atoms with Crippen molar-refractivity contribution in [1.29, 1.82) is 0 Å². The molecular weight excluding hydrogens is 1330 g/mol. The van der Waals surface area contributed by atoms with Crippen LogP contribution in [0.15, 0.2) is 42.4 Å². The molecule has 434 valence electrons. The second-order valence-electron chi connectivity index (χ2n) is 17.7. The molecule has 0 amide bonds. The van der Waals surface area contributed by atoms with Crippen molar-refractivity contribution in [1.82, 2.24) is 35.9 Å². The molecule has 2 aromatic carbocycles. The molecule has 0 saturated carbocycles. The number of piperazine rings is 1.